The van der Waals surface area contributed by atoms with Crippen LogP contribution in [0.5, 0.6) is 0 Å². The van der Waals surface area contributed by atoms with Crippen molar-refractivity contribution in [3.05, 3.63) is 12.2 Å². The molecule has 0 aromatic carbocycles. The van der Waals surface area contributed by atoms with Crippen LogP contribution >= 0.6 is 11.8 Å². The predicted octanol–water partition coefficient (Wildman–Crippen LogP) is 1.64. The molecule has 3 rings (SSSR count). The van der Waals surface area contributed by atoms with Crippen LogP contribution in [0.2, 0.25) is 0 Å². The fraction of sp³-hybridized carbons (Fsp3) is 0.625. The van der Waals surface area contributed by atoms with Crippen molar-refractivity contribution >= 4 is 18.0 Å². The zero-order chi connectivity index (χ0) is 6.97. The molecule has 1 aliphatic carbocycles. The summed E-state index contributed by atoms with van der Waals surface area (Å²) in [4.78, 5) is 10.5. The molecule has 0 spiro atoms. The van der Waals surface area contributed by atoms with Crippen LogP contribution in [0, 0.1) is 5.92 Å². The Bertz CT molecular complexity index is 176. The van der Waals surface area contributed by atoms with E-state index >= 15 is 0 Å². The Hall–Kier alpha value is -0.240. The molecule has 0 saturated carbocycles. The summed E-state index contributed by atoms with van der Waals surface area (Å²) in [7, 11) is 0. The highest BCUT2D eigenvalue weighted by Crippen LogP contribution is 2.40. The van der Waals surface area contributed by atoms with Crippen molar-refractivity contribution in [1.29, 1.82) is 0 Å². The zero-order valence-electron chi connectivity index (χ0n) is 5.69. The Morgan fingerprint density at radius 2 is 2.30 bits per heavy atom. The molecular formula is C8H10OS. The van der Waals surface area contributed by atoms with E-state index in [1.54, 1.807) is 0 Å². The maximum absolute atomic E-state index is 10.5. The first-order valence-electron chi connectivity index (χ1n) is 3.69. The average molecular weight is 154 g/mol. The lowest BCUT2D eigenvalue weighted by Gasteiger charge is -2.34. The number of hydrogen-bond acceptors (Lipinski definition) is 2. The molecule has 0 N–H and O–H groups in total. The van der Waals surface area contributed by atoms with Gasteiger partial charge in [-0.2, -0.15) is 0 Å². The van der Waals surface area contributed by atoms with Gasteiger partial charge in [0.25, 0.3) is 0 Å². The first-order chi connectivity index (χ1) is 4.90. The van der Waals surface area contributed by atoms with E-state index in [-0.39, 0.29) is 5.25 Å². The predicted molar refractivity (Wildman–Crippen MR) is 43.1 cm³/mol. The quantitative estimate of drug-likeness (QED) is 0.422. The van der Waals surface area contributed by atoms with Crippen molar-refractivity contribution in [1.82, 2.24) is 0 Å². The second kappa shape index (κ2) is 2.42. The summed E-state index contributed by atoms with van der Waals surface area (Å²) >= 11 is 1.83. The van der Waals surface area contributed by atoms with E-state index in [0.717, 1.165) is 6.29 Å². The molecule has 1 nitrogen and oxygen atoms in total. The van der Waals surface area contributed by atoms with Crippen molar-refractivity contribution in [2.24, 2.45) is 5.92 Å². The van der Waals surface area contributed by atoms with E-state index in [0.29, 0.717) is 11.2 Å². The summed E-state index contributed by atoms with van der Waals surface area (Å²) in [6, 6.07) is 0. The van der Waals surface area contributed by atoms with Crippen LogP contribution in [0.15, 0.2) is 12.2 Å². The van der Waals surface area contributed by atoms with Crippen LogP contribution in [-0.2, 0) is 4.79 Å². The van der Waals surface area contributed by atoms with Crippen LogP contribution in [0.1, 0.15) is 12.8 Å². The number of rotatable bonds is 1. The zero-order valence-corrected chi connectivity index (χ0v) is 6.51. The van der Waals surface area contributed by atoms with Crippen LogP contribution in [0.4, 0.5) is 0 Å². The standard InChI is InChI=1S/C8H10OS/c9-5-8-6-1-3-7(10-8)4-2-6/h1,3,5-8H,2,4H2. The minimum absolute atomic E-state index is 0.267. The Morgan fingerprint density at radius 3 is 2.60 bits per heavy atom. The molecule has 0 aromatic heterocycles. The minimum Gasteiger partial charge on any atom is -0.302 e. The third-order valence-electron chi connectivity index (χ3n) is 2.25. The second-order valence-corrected chi connectivity index (χ2v) is 4.32. The maximum atomic E-state index is 10.5. The summed E-state index contributed by atoms with van der Waals surface area (Å²) in [5.41, 5.74) is 0. The summed E-state index contributed by atoms with van der Waals surface area (Å²) in [6.45, 7) is 0. The molecule has 2 heterocycles. The van der Waals surface area contributed by atoms with E-state index in [2.05, 4.69) is 12.2 Å². The van der Waals surface area contributed by atoms with Gasteiger partial charge in [-0.15, -0.1) is 11.8 Å². The average Bonchev–Trinajstić information content (AvgIpc) is 2.06. The van der Waals surface area contributed by atoms with E-state index in [1.807, 2.05) is 11.8 Å². The Labute approximate surface area is 64.9 Å². The first-order valence-corrected chi connectivity index (χ1v) is 4.63. The monoisotopic (exact) mass is 154 g/mol. The Balaban J connectivity index is 2.18. The molecule has 0 aromatic rings. The van der Waals surface area contributed by atoms with Crippen LogP contribution in [0.3, 0.4) is 0 Å². The van der Waals surface area contributed by atoms with Gasteiger partial charge in [-0.25, -0.2) is 0 Å². The molecule has 3 unspecified atom stereocenters. The first kappa shape index (κ1) is 6.47. The van der Waals surface area contributed by atoms with Crippen molar-refractivity contribution in [3.63, 3.8) is 0 Å². The van der Waals surface area contributed by atoms with Gasteiger partial charge in [0, 0.05) is 5.25 Å². The lowest BCUT2D eigenvalue weighted by Crippen LogP contribution is -2.30. The fourth-order valence-corrected chi connectivity index (χ4v) is 2.99. The lowest BCUT2D eigenvalue weighted by atomic mass is 9.92. The topological polar surface area (TPSA) is 17.1 Å². The molecular weight excluding hydrogens is 144 g/mol. The van der Waals surface area contributed by atoms with Gasteiger partial charge in [0.1, 0.15) is 6.29 Å². The number of carbonyl (C=O) groups is 1. The van der Waals surface area contributed by atoms with Crippen molar-refractivity contribution < 1.29 is 4.79 Å². The number of aldehydes is 1. The van der Waals surface area contributed by atoms with Gasteiger partial charge in [0.2, 0.25) is 0 Å². The van der Waals surface area contributed by atoms with Gasteiger partial charge in [-0.3, -0.25) is 0 Å². The van der Waals surface area contributed by atoms with Gasteiger partial charge >= 0.3 is 0 Å². The second-order valence-electron chi connectivity index (χ2n) is 2.90. The van der Waals surface area contributed by atoms with E-state index in [1.165, 1.54) is 12.8 Å². The number of thioether (sulfide) groups is 1. The molecule has 3 aliphatic rings. The molecule has 1 fully saturated rings. The Kier molecular flexibility index (Phi) is 1.57. The van der Waals surface area contributed by atoms with Crippen LogP contribution in [-0.4, -0.2) is 16.8 Å². The third kappa shape index (κ3) is 0.908. The van der Waals surface area contributed by atoms with Gasteiger partial charge in [-0.05, 0) is 18.8 Å². The van der Waals surface area contributed by atoms with Crippen molar-refractivity contribution in [3.8, 4) is 0 Å². The van der Waals surface area contributed by atoms with E-state index in [4.69, 9.17) is 0 Å². The molecule has 2 bridgehead atoms. The number of fused-ring (bicyclic) bond motifs is 2. The molecule has 1 saturated heterocycles. The minimum atomic E-state index is 0.267. The summed E-state index contributed by atoms with van der Waals surface area (Å²) in [5.74, 6) is 0.549. The molecule has 0 amide bonds. The maximum Gasteiger partial charge on any atom is 0.133 e. The highest BCUT2D eigenvalue weighted by atomic mass is 32.2. The van der Waals surface area contributed by atoms with E-state index in [9.17, 15) is 4.79 Å². The lowest BCUT2D eigenvalue weighted by molar-refractivity contribution is -0.108. The molecule has 54 valence electrons. The summed E-state index contributed by atoms with van der Waals surface area (Å²) in [5, 5.41) is 0.906. The molecule has 0 radical (unpaired) electrons. The molecule has 3 atom stereocenters. The van der Waals surface area contributed by atoms with Gasteiger partial charge < -0.3 is 4.79 Å². The van der Waals surface area contributed by atoms with Crippen LogP contribution in [0.25, 0.3) is 0 Å². The molecule has 10 heavy (non-hydrogen) atoms. The molecule has 2 aliphatic heterocycles. The number of carbonyl (C=O) groups excluding carboxylic acids is 1. The van der Waals surface area contributed by atoms with Crippen molar-refractivity contribution in [2.75, 3.05) is 0 Å². The fourth-order valence-electron chi connectivity index (χ4n) is 1.64. The van der Waals surface area contributed by atoms with Gasteiger partial charge in [-0.1, -0.05) is 12.2 Å². The van der Waals surface area contributed by atoms with Crippen LogP contribution < -0.4 is 0 Å². The largest absolute Gasteiger partial charge is 0.302 e. The number of allylic oxidation sites excluding steroid dienone is 1. The molecule has 2 heteroatoms. The summed E-state index contributed by atoms with van der Waals surface area (Å²) < 4.78 is 0. The normalized spacial score (nSPS) is 43.8. The van der Waals surface area contributed by atoms with Gasteiger partial charge in [0.05, 0.1) is 5.25 Å². The highest BCUT2D eigenvalue weighted by Gasteiger charge is 2.31. The third-order valence-corrected chi connectivity index (χ3v) is 3.76. The summed E-state index contributed by atoms with van der Waals surface area (Å²) in [6.07, 6.45) is 8.06. The Morgan fingerprint density at radius 1 is 1.40 bits per heavy atom. The SMILES string of the molecule is O=CC1SC2C=CC1CC2. The van der Waals surface area contributed by atoms with E-state index < -0.39 is 0 Å². The number of hydrogen-bond donors (Lipinski definition) is 0. The van der Waals surface area contributed by atoms with Crippen molar-refractivity contribution in [2.45, 2.75) is 23.3 Å². The smallest absolute Gasteiger partial charge is 0.133 e. The van der Waals surface area contributed by atoms with Gasteiger partial charge in [0.15, 0.2) is 0 Å². The highest BCUT2D eigenvalue weighted by molar-refractivity contribution is 8.01.